The van der Waals surface area contributed by atoms with Gasteiger partial charge in [-0.3, -0.25) is 9.59 Å². The average Bonchev–Trinajstić information content (AvgIpc) is 2.72. The molecule has 1 aliphatic heterocycles. The van der Waals surface area contributed by atoms with Crippen molar-refractivity contribution in [2.75, 3.05) is 19.6 Å². The molecule has 0 radical (unpaired) electrons. The number of carboxylic acids is 1. The second-order valence-electron chi connectivity index (χ2n) is 5.97. The van der Waals surface area contributed by atoms with Gasteiger partial charge in [-0.1, -0.05) is 13.8 Å². The van der Waals surface area contributed by atoms with Crippen molar-refractivity contribution in [2.24, 2.45) is 23.0 Å². The van der Waals surface area contributed by atoms with E-state index in [9.17, 15) is 14.4 Å². The molecular formula is C13H23N3O4. The van der Waals surface area contributed by atoms with Crippen LogP contribution in [-0.4, -0.2) is 47.5 Å². The molecule has 1 aliphatic rings. The van der Waals surface area contributed by atoms with Crippen LogP contribution in [0.5, 0.6) is 0 Å². The minimum atomic E-state index is -0.927. The summed E-state index contributed by atoms with van der Waals surface area (Å²) in [6.45, 7) is 6.13. The number of carbonyl (C=O) groups is 3. The number of urea groups is 1. The highest BCUT2D eigenvalue weighted by atomic mass is 16.4. The smallest absolute Gasteiger partial charge is 0.317 e. The van der Waals surface area contributed by atoms with Gasteiger partial charge >= 0.3 is 12.0 Å². The lowest BCUT2D eigenvalue weighted by Gasteiger charge is -2.23. The second-order valence-corrected chi connectivity index (χ2v) is 5.97. The molecule has 0 spiro atoms. The molecule has 0 aromatic heterocycles. The molecule has 0 aromatic carbocycles. The highest BCUT2D eigenvalue weighted by molar-refractivity contribution is 5.83. The summed E-state index contributed by atoms with van der Waals surface area (Å²) in [5.41, 5.74) is 4.63. The maximum absolute atomic E-state index is 12.0. The number of hydrogen-bond donors (Lipinski definition) is 3. The van der Waals surface area contributed by atoms with Crippen molar-refractivity contribution in [3.63, 3.8) is 0 Å². The van der Waals surface area contributed by atoms with E-state index in [0.717, 1.165) is 0 Å². The van der Waals surface area contributed by atoms with E-state index in [4.69, 9.17) is 10.8 Å². The first-order chi connectivity index (χ1) is 9.17. The van der Waals surface area contributed by atoms with Crippen LogP contribution >= 0.6 is 0 Å². The molecule has 0 aliphatic carbocycles. The molecule has 4 N–H and O–H groups in total. The van der Waals surface area contributed by atoms with Crippen molar-refractivity contribution >= 4 is 17.9 Å². The van der Waals surface area contributed by atoms with Crippen molar-refractivity contribution in [2.45, 2.75) is 27.2 Å². The Balaban J connectivity index is 2.53. The lowest BCUT2D eigenvalue weighted by Crippen LogP contribution is -2.45. The second kappa shape index (κ2) is 6.11. The number of carbonyl (C=O) groups excluding carboxylic acids is 2. The number of nitrogens with zero attached hydrogens (tertiary/aromatic N) is 1. The average molecular weight is 285 g/mol. The minimum absolute atomic E-state index is 0.0673. The molecular weight excluding hydrogens is 262 g/mol. The van der Waals surface area contributed by atoms with Gasteiger partial charge in [0.1, 0.15) is 0 Å². The molecule has 0 aromatic rings. The quantitative estimate of drug-likeness (QED) is 0.672. The molecule has 2 unspecified atom stereocenters. The summed E-state index contributed by atoms with van der Waals surface area (Å²) in [6, 6.07) is -0.345. The van der Waals surface area contributed by atoms with E-state index in [-0.39, 0.29) is 25.0 Å². The number of aliphatic carboxylic acids is 1. The van der Waals surface area contributed by atoms with Crippen molar-refractivity contribution in [1.82, 2.24) is 10.2 Å². The van der Waals surface area contributed by atoms with Crippen LogP contribution in [0.15, 0.2) is 0 Å². The Morgan fingerprint density at radius 1 is 1.40 bits per heavy atom. The molecule has 3 amide bonds. The molecule has 114 valence electrons. The Kier molecular flexibility index (Phi) is 4.97. The number of nitrogens with one attached hydrogen (secondary N) is 1. The number of carboxylic acid groups (broad SMARTS) is 1. The zero-order valence-electron chi connectivity index (χ0n) is 12.2. The molecule has 20 heavy (non-hydrogen) atoms. The first-order valence-corrected chi connectivity index (χ1v) is 6.73. The lowest BCUT2D eigenvalue weighted by molar-refractivity contribution is -0.143. The van der Waals surface area contributed by atoms with Crippen LogP contribution < -0.4 is 11.1 Å². The SMILES string of the molecule is CC(C)C(CNC(=O)N1CCC(C)(C(N)=O)C1)C(=O)O. The van der Waals surface area contributed by atoms with Crippen LogP contribution in [-0.2, 0) is 9.59 Å². The maximum atomic E-state index is 12.0. The van der Waals surface area contributed by atoms with E-state index < -0.39 is 23.2 Å². The van der Waals surface area contributed by atoms with Gasteiger partial charge in [-0.25, -0.2) is 4.79 Å². The molecule has 1 rings (SSSR count). The number of primary amides is 1. The molecule has 1 heterocycles. The van der Waals surface area contributed by atoms with Crippen molar-refractivity contribution in [1.29, 1.82) is 0 Å². The van der Waals surface area contributed by atoms with Crippen LogP contribution in [0.2, 0.25) is 0 Å². The van der Waals surface area contributed by atoms with Gasteiger partial charge in [-0.2, -0.15) is 0 Å². The van der Waals surface area contributed by atoms with Crippen LogP contribution in [0.1, 0.15) is 27.2 Å². The van der Waals surface area contributed by atoms with Gasteiger partial charge < -0.3 is 21.1 Å². The van der Waals surface area contributed by atoms with Crippen molar-refractivity contribution in [3.05, 3.63) is 0 Å². The molecule has 0 saturated carbocycles. The monoisotopic (exact) mass is 285 g/mol. The normalized spacial score (nSPS) is 23.7. The van der Waals surface area contributed by atoms with Gasteiger partial charge in [-0.05, 0) is 19.3 Å². The first kappa shape index (κ1) is 16.3. The van der Waals surface area contributed by atoms with E-state index in [1.807, 2.05) is 0 Å². The van der Waals surface area contributed by atoms with Gasteiger partial charge in [0.05, 0.1) is 11.3 Å². The van der Waals surface area contributed by atoms with E-state index in [1.54, 1.807) is 20.8 Å². The van der Waals surface area contributed by atoms with Gasteiger partial charge in [-0.15, -0.1) is 0 Å². The third-order valence-corrected chi connectivity index (χ3v) is 3.95. The first-order valence-electron chi connectivity index (χ1n) is 6.73. The van der Waals surface area contributed by atoms with Crippen LogP contribution in [0.3, 0.4) is 0 Å². The number of likely N-dealkylation sites (tertiary alicyclic amines) is 1. The number of rotatable bonds is 5. The van der Waals surface area contributed by atoms with E-state index in [0.29, 0.717) is 13.0 Å². The highest BCUT2D eigenvalue weighted by Gasteiger charge is 2.40. The predicted molar refractivity (Wildman–Crippen MR) is 72.9 cm³/mol. The summed E-state index contributed by atoms with van der Waals surface area (Å²) in [6.07, 6.45) is 0.530. The molecule has 1 saturated heterocycles. The van der Waals surface area contributed by atoms with Crippen LogP contribution in [0.25, 0.3) is 0 Å². The number of amides is 3. The third-order valence-electron chi connectivity index (χ3n) is 3.95. The van der Waals surface area contributed by atoms with Crippen molar-refractivity contribution in [3.8, 4) is 0 Å². The summed E-state index contributed by atoms with van der Waals surface area (Å²) < 4.78 is 0. The third kappa shape index (κ3) is 3.61. The number of nitrogens with two attached hydrogens (primary N) is 1. The zero-order valence-corrected chi connectivity index (χ0v) is 12.2. The minimum Gasteiger partial charge on any atom is -0.481 e. The Bertz CT molecular complexity index is 410. The maximum Gasteiger partial charge on any atom is 0.317 e. The summed E-state index contributed by atoms with van der Waals surface area (Å²) in [5.74, 6) is -2.03. The fourth-order valence-electron chi connectivity index (χ4n) is 2.25. The molecule has 0 bridgehead atoms. The topological polar surface area (TPSA) is 113 Å². The fourth-order valence-corrected chi connectivity index (χ4v) is 2.25. The van der Waals surface area contributed by atoms with Crippen LogP contribution in [0.4, 0.5) is 4.79 Å². The van der Waals surface area contributed by atoms with Gasteiger partial charge in [0.25, 0.3) is 0 Å². The molecule has 2 atom stereocenters. The Morgan fingerprint density at radius 3 is 2.40 bits per heavy atom. The Morgan fingerprint density at radius 2 is 2.00 bits per heavy atom. The largest absolute Gasteiger partial charge is 0.481 e. The number of hydrogen-bond acceptors (Lipinski definition) is 3. The Labute approximate surface area is 118 Å². The van der Waals surface area contributed by atoms with Crippen LogP contribution in [0, 0.1) is 17.3 Å². The van der Waals surface area contributed by atoms with Gasteiger partial charge in [0, 0.05) is 19.6 Å². The predicted octanol–water partition coefficient (Wildman–Crippen LogP) is 0.250. The summed E-state index contributed by atoms with van der Waals surface area (Å²) >= 11 is 0. The van der Waals surface area contributed by atoms with Gasteiger partial charge in [0.15, 0.2) is 0 Å². The highest BCUT2D eigenvalue weighted by Crippen LogP contribution is 2.29. The standard InChI is InChI=1S/C13H23N3O4/c1-8(2)9(10(17)18)6-15-12(20)16-5-4-13(3,7-16)11(14)19/h8-9H,4-7H2,1-3H3,(H2,14,19)(H,15,20)(H,17,18). The molecule has 1 fully saturated rings. The van der Waals surface area contributed by atoms with E-state index >= 15 is 0 Å². The lowest BCUT2D eigenvalue weighted by atomic mass is 9.89. The van der Waals surface area contributed by atoms with Crippen molar-refractivity contribution < 1.29 is 19.5 Å². The molecule has 7 nitrogen and oxygen atoms in total. The van der Waals surface area contributed by atoms with E-state index in [1.165, 1.54) is 4.90 Å². The van der Waals surface area contributed by atoms with E-state index in [2.05, 4.69) is 5.32 Å². The Hall–Kier alpha value is -1.79. The summed E-state index contributed by atoms with van der Waals surface area (Å²) in [7, 11) is 0. The summed E-state index contributed by atoms with van der Waals surface area (Å²) in [5, 5.41) is 11.7. The summed E-state index contributed by atoms with van der Waals surface area (Å²) in [4.78, 5) is 35.8. The van der Waals surface area contributed by atoms with Gasteiger partial charge in [0.2, 0.25) is 5.91 Å². The molecule has 7 heteroatoms. The zero-order chi connectivity index (χ0) is 15.5. The fraction of sp³-hybridized carbons (Fsp3) is 0.769.